The second-order valence-corrected chi connectivity index (χ2v) is 11.9. The Bertz CT molecular complexity index is 1320. The van der Waals surface area contributed by atoms with E-state index in [2.05, 4.69) is 36.2 Å². The van der Waals surface area contributed by atoms with Gasteiger partial charge in [0, 0.05) is 36.0 Å². The molecule has 5 rings (SSSR count). The number of benzene rings is 3. The first-order valence-electron chi connectivity index (χ1n) is 14.2. The lowest BCUT2D eigenvalue weighted by atomic mass is 9.86. The van der Waals surface area contributed by atoms with Crippen molar-refractivity contribution in [3.8, 4) is 11.5 Å². The summed E-state index contributed by atoms with van der Waals surface area (Å²) >= 11 is 6.25. The van der Waals surface area contributed by atoms with Gasteiger partial charge in [-0.3, -0.25) is 4.79 Å². The smallest absolute Gasteiger partial charge is 0.232 e. The maximum Gasteiger partial charge on any atom is 0.232 e. The molecular formula is C33H40ClN3O3. The van der Waals surface area contributed by atoms with Crippen LogP contribution in [0.15, 0.2) is 60.7 Å². The average molecular weight is 562 g/mol. The molecule has 1 aliphatic carbocycles. The number of carbonyl (C=O) groups excluding carboxylic acids is 1. The summed E-state index contributed by atoms with van der Waals surface area (Å²) in [5.74, 6) is 2.01. The number of methoxy groups -OCH3 is 1. The molecule has 3 aromatic rings. The Hall–Kier alpha value is -3.22. The summed E-state index contributed by atoms with van der Waals surface area (Å²) in [5, 5.41) is 0.656. The summed E-state index contributed by atoms with van der Waals surface area (Å²) in [6.45, 7) is 5.00. The molecule has 40 heavy (non-hydrogen) atoms. The molecule has 0 saturated heterocycles. The molecule has 1 fully saturated rings. The Balaban J connectivity index is 1.49. The number of halogens is 1. The molecule has 6 nitrogen and oxygen atoms in total. The summed E-state index contributed by atoms with van der Waals surface area (Å²) < 4.78 is 11.8. The first-order chi connectivity index (χ1) is 19.2. The number of amides is 1. The molecular weight excluding hydrogens is 522 g/mol. The Labute approximate surface area is 243 Å². The van der Waals surface area contributed by atoms with E-state index in [1.54, 1.807) is 7.11 Å². The highest BCUT2D eigenvalue weighted by molar-refractivity contribution is 6.30. The molecule has 1 heterocycles. The van der Waals surface area contributed by atoms with Gasteiger partial charge in [-0.1, -0.05) is 23.7 Å². The van der Waals surface area contributed by atoms with Gasteiger partial charge >= 0.3 is 0 Å². The van der Waals surface area contributed by atoms with Gasteiger partial charge in [-0.05, 0) is 111 Å². The van der Waals surface area contributed by atoms with Gasteiger partial charge in [-0.25, -0.2) is 0 Å². The van der Waals surface area contributed by atoms with Gasteiger partial charge in [0.25, 0.3) is 0 Å². The zero-order chi connectivity index (χ0) is 28.4. The highest BCUT2D eigenvalue weighted by Gasteiger charge is 2.36. The Kier molecular flexibility index (Phi) is 8.57. The monoisotopic (exact) mass is 561 g/mol. The van der Waals surface area contributed by atoms with Crippen molar-refractivity contribution in [2.45, 2.75) is 64.1 Å². The normalized spacial score (nSPS) is 20.8. The fourth-order valence-electron chi connectivity index (χ4n) is 6.06. The standard InChI is InChI=1S/C33H40ClN3O3/c1-21(2)40-31-19-29-24(17-30(31)39-4)18-32(38)37(33(29)23-7-9-25(34)10-8-23)28-15-13-27(14-16-28)36(3)20-22-5-11-26(35)12-6-22/h7-10,13-17,19,21-22,26,33H,5-6,11-12,18,20,35H2,1-4H3/t22?,26?,33-/m0/s1. The topological polar surface area (TPSA) is 68.0 Å². The van der Waals surface area contributed by atoms with Crippen LogP contribution < -0.4 is 25.0 Å². The van der Waals surface area contributed by atoms with E-state index in [4.69, 9.17) is 26.8 Å². The number of ether oxygens (including phenoxy) is 2. The number of nitrogens with zero attached hydrogens (tertiary/aromatic N) is 2. The molecule has 1 amide bonds. The van der Waals surface area contributed by atoms with Crippen LogP contribution in [0.2, 0.25) is 5.02 Å². The predicted octanol–water partition coefficient (Wildman–Crippen LogP) is 6.77. The number of rotatable bonds is 8. The van der Waals surface area contributed by atoms with Crippen LogP contribution in [0, 0.1) is 5.92 Å². The van der Waals surface area contributed by atoms with Crippen LogP contribution in [0.25, 0.3) is 0 Å². The van der Waals surface area contributed by atoms with E-state index < -0.39 is 0 Å². The molecule has 1 aliphatic heterocycles. The minimum Gasteiger partial charge on any atom is -0.493 e. The summed E-state index contributed by atoms with van der Waals surface area (Å²) in [5.41, 5.74) is 11.1. The summed E-state index contributed by atoms with van der Waals surface area (Å²) in [7, 11) is 3.77. The Morgan fingerprint density at radius 2 is 1.68 bits per heavy atom. The zero-order valence-corrected chi connectivity index (χ0v) is 24.7. The fraction of sp³-hybridized carbons (Fsp3) is 0.424. The van der Waals surface area contributed by atoms with Crippen LogP contribution in [0.1, 0.15) is 62.3 Å². The van der Waals surface area contributed by atoms with Gasteiger partial charge in [0.05, 0.1) is 25.7 Å². The van der Waals surface area contributed by atoms with Gasteiger partial charge in [0.1, 0.15) is 0 Å². The number of anilines is 2. The molecule has 0 spiro atoms. The molecule has 3 aromatic carbocycles. The molecule has 7 heteroatoms. The Morgan fingerprint density at radius 1 is 1.00 bits per heavy atom. The van der Waals surface area contributed by atoms with E-state index in [0.29, 0.717) is 28.5 Å². The van der Waals surface area contributed by atoms with Crippen molar-refractivity contribution in [3.63, 3.8) is 0 Å². The van der Waals surface area contributed by atoms with Crippen LogP contribution in [0.4, 0.5) is 11.4 Å². The van der Waals surface area contributed by atoms with Crippen molar-refractivity contribution in [3.05, 3.63) is 82.4 Å². The van der Waals surface area contributed by atoms with Crippen LogP contribution in [0.3, 0.4) is 0 Å². The van der Waals surface area contributed by atoms with Crippen molar-refractivity contribution < 1.29 is 14.3 Å². The third kappa shape index (κ3) is 6.08. The van der Waals surface area contributed by atoms with Crippen LogP contribution in [-0.4, -0.2) is 38.8 Å². The van der Waals surface area contributed by atoms with Gasteiger partial charge in [0.15, 0.2) is 11.5 Å². The molecule has 1 saturated carbocycles. The molecule has 0 radical (unpaired) electrons. The van der Waals surface area contributed by atoms with Crippen LogP contribution in [-0.2, 0) is 11.2 Å². The summed E-state index contributed by atoms with van der Waals surface area (Å²) in [4.78, 5) is 18.0. The SMILES string of the molecule is COc1cc2c(cc1OC(C)C)[C@H](c1ccc(Cl)cc1)N(c1ccc(N(C)CC3CCC(N)CC3)cc1)C(=O)C2. The second-order valence-electron chi connectivity index (χ2n) is 11.4. The molecule has 212 valence electrons. The Morgan fingerprint density at radius 3 is 2.30 bits per heavy atom. The molecule has 2 N–H and O–H groups in total. The lowest BCUT2D eigenvalue weighted by Gasteiger charge is -2.38. The predicted molar refractivity (Wildman–Crippen MR) is 163 cm³/mol. The highest BCUT2D eigenvalue weighted by Crippen LogP contribution is 2.44. The van der Waals surface area contributed by atoms with Gasteiger partial charge in [-0.15, -0.1) is 0 Å². The van der Waals surface area contributed by atoms with Crippen molar-refractivity contribution >= 4 is 28.9 Å². The minimum absolute atomic E-state index is 0.0165. The van der Waals surface area contributed by atoms with Crippen LogP contribution >= 0.6 is 11.6 Å². The number of fused-ring (bicyclic) bond motifs is 1. The average Bonchev–Trinajstić information content (AvgIpc) is 2.94. The van der Waals surface area contributed by atoms with Gasteiger partial charge in [0.2, 0.25) is 5.91 Å². The van der Waals surface area contributed by atoms with Gasteiger partial charge < -0.3 is 25.0 Å². The molecule has 0 aromatic heterocycles. The number of hydrogen-bond acceptors (Lipinski definition) is 5. The molecule has 0 bridgehead atoms. The first kappa shape index (κ1) is 28.3. The van der Waals surface area contributed by atoms with E-state index in [9.17, 15) is 4.79 Å². The molecule has 2 aliphatic rings. The van der Waals surface area contributed by atoms with Gasteiger partial charge in [-0.2, -0.15) is 0 Å². The van der Waals surface area contributed by atoms with E-state index in [0.717, 1.165) is 47.5 Å². The summed E-state index contributed by atoms with van der Waals surface area (Å²) in [6, 6.07) is 20.1. The lowest BCUT2D eigenvalue weighted by Crippen LogP contribution is -2.41. The first-order valence-corrected chi connectivity index (χ1v) is 14.6. The fourth-order valence-corrected chi connectivity index (χ4v) is 6.19. The largest absolute Gasteiger partial charge is 0.493 e. The van der Waals surface area contributed by atoms with E-state index >= 15 is 0 Å². The zero-order valence-electron chi connectivity index (χ0n) is 23.9. The van der Waals surface area contributed by atoms with Crippen molar-refractivity contribution in [1.29, 1.82) is 0 Å². The third-order valence-corrected chi connectivity index (χ3v) is 8.38. The van der Waals surface area contributed by atoms with E-state index in [-0.39, 0.29) is 24.5 Å². The number of hydrogen-bond donors (Lipinski definition) is 1. The number of nitrogens with two attached hydrogens (primary N) is 1. The minimum atomic E-state index is -0.330. The van der Waals surface area contributed by atoms with Crippen LogP contribution in [0.5, 0.6) is 11.5 Å². The third-order valence-electron chi connectivity index (χ3n) is 8.13. The maximum atomic E-state index is 13.8. The lowest BCUT2D eigenvalue weighted by molar-refractivity contribution is -0.118. The van der Waals surface area contributed by atoms with Crippen molar-refractivity contribution in [1.82, 2.24) is 0 Å². The van der Waals surface area contributed by atoms with E-state index in [1.807, 2.05) is 55.1 Å². The highest BCUT2D eigenvalue weighted by atomic mass is 35.5. The maximum absolute atomic E-state index is 13.8. The number of carbonyl (C=O) groups is 1. The molecule has 0 unspecified atom stereocenters. The summed E-state index contributed by atoms with van der Waals surface area (Å²) in [6.07, 6.45) is 4.85. The second kappa shape index (κ2) is 12.1. The van der Waals surface area contributed by atoms with Crippen molar-refractivity contribution in [2.75, 3.05) is 30.5 Å². The quantitative estimate of drug-likeness (QED) is 0.329. The van der Waals surface area contributed by atoms with Crippen molar-refractivity contribution in [2.24, 2.45) is 11.7 Å². The molecule has 1 atom stereocenters. The van der Waals surface area contributed by atoms with E-state index in [1.165, 1.54) is 12.8 Å².